The summed E-state index contributed by atoms with van der Waals surface area (Å²) in [4.78, 5) is 18.0. The van der Waals surface area contributed by atoms with Crippen molar-refractivity contribution in [1.29, 1.82) is 0 Å². The van der Waals surface area contributed by atoms with Crippen LogP contribution in [-0.2, 0) is 0 Å². The summed E-state index contributed by atoms with van der Waals surface area (Å²) in [7, 11) is 3.59. The van der Waals surface area contributed by atoms with Crippen molar-refractivity contribution in [2.24, 2.45) is 0 Å². The number of carbonyl (C=O) groups is 1. The summed E-state index contributed by atoms with van der Waals surface area (Å²) in [5.74, 6) is 0.296. The second kappa shape index (κ2) is 7.49. The predicted octanol–water partition coefficient (Wildman–Crippen LogP) is 1.92. The quantitative estimate of drug-likeness (QED) is 0.898. The number of hydrogen-bond donors (Lipinski definition) is 1. The number of nitrogens with one attached hydrogen (secondary N) is 1. The molecule has 2 heterocycles. The van der Waals surface area contributed by atoms with Crippen LogP contribution in [0.15, 0.2) is 24.3 Å². The van der Waals surface area contributed by atoms with E-state index in [2.05, 4.69) is 10.2 Å². The zero-order valence-corrected chi connectivity index (χ0v) is 14.5. The Labute approximate surface area is 143 Å². The van der Waals surface area contributed by atoms with Gasteiger partial charge in [0.15, 0.2) is 0 Å². The first-order valence-corrected chi connectivity index (χ1v) is 8.73. The largest absolute Gasteiger partial charge is 0.331 e. The van der Waals surface area contributed by atoms with Crippen LogP contribution in [0.25, 0.3) is 0 Å². The maximum absolute atomic E-state index is 13.1. The third-order valence-electron chi connectivity index (χ3n) is 5.13. The van der Waals surface area contributed by atoms with E-state index in [0.717, 1.165) is 45.6 Å². The highest BCUT2D eigenvalue weighted by molar-refractivity contribution is 5.73. The predicted molar refractivity (Wildman–Crippen MR) is 92.4 cm³/mol. The molecule has 0 aromatic heterocycles. The number of amides is 2. The number of benzene rings is 1. The van der Waals surface area contributed by atoms with Gasteiger partial charge in [-0.05, 0) is 43.0 Å². The second-order valence-electron chi connectivity index (χ2n) is 6.94. The molecule has 0 saturated carbocycles. The van der Waals surface area contributed by atoms with Crippen molar-refractivity contribution in [3.05, 3.63) is 35.6 Å². The number of hydrogen-bond acceptors (Lipinski definition) is 3. The lowest BCUT2D eigenvalue weighted by Crippen LogP contribution is -2.58. The molecule has 1 aromatic rings. The number of urea groups is 1. The maximum Gasteiger partial charge on any atom is 0.319 e. The molecule has 0 radical (unpaired) electrons. The molecule has 2 fully saturated rings. The van der Waals surface area contributed by atoms with Gasteiger partial charge in [-0.3, -0.25) is 4.90 Å². The van der Waals surface area contributed by atoms with Crippen LogP contribution in [-0.4, -0.2) is 73.7 Å². The van der Waals surface area contributed by atoms with E-state index in [-0.39, 0.29) is 11.8 Å². The van der Waals surface area contributed by atoms with E-state index in [9.17, 15) is 9.18 Å². The first-order chi connectivity index (χ1) is 11.5. The molecule has 2 atom stereocenters. The van der Waals surface area contributed by atoms with Crippen LogP contribution < -0.4 is 5.32 Å². The molecule has 2 aliphatic rings. The third kappa shape index (κ3) is 3.87. The second-order valence-corrected chi connectivity index (χ2v) is 6.94. The van der Waals surface area contributed by atoms with E-state index in [1.807, 2.05) is 17.0 Å². The molecule has 132 valence electrons. The summed E-state index contributed by atoms with van der Waals surface area (Å²) in [5, 5.41) is 3.60. The normalized spacial score (nSPS) is 25.5. The van der Waals surface area contributed by atoms with Gasteiger partial charge in [0.1, 0.15) is 5.82 Å². The zero-order chi connectivity index (χ0) is 17.1. The molecule has 24 heavy (non-hydrogen) atoms. The Kier molecular flexibility index (Phi) is 5.36. The molecular formula is C18H27FN4O. The zero-order valence-electron chi connectivity index (χ0n) is 14.5. The lowest BCUT2D eigenvalue weighted by molar-refractivity contribution is 0.0691. The molecule has 3 rings (SSSR count). The molecule has 0 bridgehead atoms. The molecule has 2 saturated heterocycles. The molecule has 1 unspecified atom stereocenters. The summed E-state index contributed by atoms with van der Waals surface area (Å²) in [6.07, 6.45) is 2.46. The van der Waals surface area contributed by atoms with Crippen molar-refractivity contribution in [3.63, 3.8) is 0 Å². The first kappa shape index (κ1) is 17.2. The lowest BCUT2D eigenvalue weighted by Gasteiger charge is -2.43. The Morgan fingerprint density at radius 2 is 1.83 bits per heavy atom. The number of piperazine rings is 1. The molecule has 5 nitrogen and oxygen atoms in total. The Hall–Kier alpha value is -1.66. The van der Waals surface area contributed by atoms with Gasteiger partial charge in [0.2, 0.25) is 0 Å². The van der Waals surface area contributed by atoms with Crippen LogP contribution in [0.3, 0.4) is 0 Å². The van der Waals surface area contributed by atoms with Crippen molar-refractivity contribution >= 4 is 6.03 Å². The molecule has 2 aliphatic heterocycles. The average Bonchev–Trinajstić information content (AvgIpc) is 2.62. The van der Waals surface area contributed by atoms with E-state index < -0.39 is 0 Å². The Bertz CT molecular complexity index is 555. The number of rotatable bonds is 2. The standard InChI is InChI=1S/C18H27FN4O/c1-21(2)18(24)23-11-9-22(10-12-23)17-13-15(7-8-20-17)14-3-5-16(19)6-4-14/h3-6,15,17,20H,7-13H2,1-2H3/t15?,17-/m1/s1. The van der Waals surface area contributed by atoms with Crippen LogP contribution in [0.2, 0.25) is 0 Å². The minimum absolute atomic E-state index is 0.0930. The fraction of sp³-hybridized carbons (Fsp3) is 0.611. The molecule has 1 aromatic carbocycles. The summed E-state index contributed by atoms with van der Waals surface area (Å²) < 4.78 is 13.1. The summed E-state index contributed by atoms with van der Waals surface area (Å²) >= 11 is 0. The van der Waals surface area contributed by atoms with Crippen molar-refractivity contribution in [2.45, 2.75) is 24.9 Å². The fourth-order valence-electron chi connectivity index (χ4n) is 3.72. The Morgan fingerprint density at radius 3 is 2.46 bits per heavy atom. The fourth-order valence-corrected chi connectivity index (χ4v) is 3.72. The SMILES string of the molecule is CN(C)C(=O)N1CCN([C@@H]2CC(c3ccc(F)cc3)CCN2)CC1. The van der Waals surface area contributed by atoms with Gasteiger partial charge in [0, 0.05) is 40.3 Å². The number of carbonyl (C=O) groups excluding carboxylic acids is 1. The third-order valence-corrected chi connectivity index (χ3v) is 5.13. The molecule has 1 N–H and O–H groups in total. The van der Waals surface area contributed by atoms with Crippen molar-refractivity contribution in [1.82, 2.24) is 20.0 Å². The van der Waals surface area contributed by atoms with Gasteiger partial charge in [-0.1, -0.05) is 12.1 Å². The molecule has 0 spiro atoms. The van der Waals surface area contributed by atoms with Crippen LogP contribution in [0, 0.1) is 5.82 Å². The summed E-state index contributed by atoms with van der Waals surface area (Å²) in [6, 6.07) is 7.03. The highest BCUT2D eigenvalue weighted by atomic mass is 19.1. The van der Waals surface area contributed by atoms with E-state index in [1.165, 1.54) is 5.56 Å². The van der Waals surface area contributed by atoms with E-state index in [1.54, 1.807) is 31.1 Å². The number of nitrogens with zero attached hydrogens (tertiary/aromatic N) is 3. The van der Waals surface area contributed by atoms with Crippen LogP contribution in [0.1, 0.15) is 24.3 Å². The van der Waals surface area contributed by atoms with Crippen LogP contribution >= 0.6 is 0 Å². The summed E-state index contributed by atoms with van der Waals surface area (Å²) in [5.41, 5.74) is 1.23. The molecular weight excluding hydrogens is 307 g/mol. The highest BCUT2D eigenvalue weighted by Gasteiger charge is 2.30. The topological polar surface area (TPSA) is 38.8 Å². The van der Waals surface area contributed by atoms with Crippen LogP contribution in [0.4, 0.5) is 9.18 Å². The number of halogens is 1. The number of piperidine rings is 1. The van der Waals surface area contributed by atoms with Crippen molar-refractivity contribution in [2.75, 3.05) is 46.8 Å². The van der Waals surface area contributed by atoms with Gasteiger partial charge in [-0.2, -0.15) is 0 Å². The smallest absolute Gasteiger partial charge is 0.319 e. The minimum Gasteiger partial charge on any atom is -0.331 e. The average molecular weight is 334 g/mol. The maximum atomic E-state index is 13.1. The van der Waals surface area contributed by atoms with Crippen molar-refractivity contribution in [3.8, 4) is 0 Å². The van der Waals surface area contributed by atoms with Gasteiger partial charge in [0.25, 0.3) is 0 Å². The van der Waals surface area contributed by atoms with Crippen molar-refractivity contribution < 1.29 is 9.18 Å². The van der Waals surface area contributed by atoms with Gasteiger partial charge in [-0.25, -0.2) is 9.18 Å². The summed E-state index contributed by atoms with van der Waals surface area (Å²) in [6.45, 7) is 4.32. The van der Waals surface area contributed by atoms with E-state index in [4.69, 9.17) is 0 Å². The molecule has 6 heteroatoms. The van der Waals surface area contributed by atoms with Gasteiger partial charge in [0.05, 0.1) is 6.17 Å². The van der Waals surface area contributed by atoms with Gasteiger partial charge in [-0.15, -0.1) is 0 Å². The monoisotopic (exact) mass is 334 g/mol. The Balaban J connectivity index is 1.56. The highest BCUT2D eigenvalue weighted by Crippen LogP contribution is 2.29. The molecule has 0 aliphatic carbocycles. The van der Waals surface area contributed by atoms with Gasteiger partial charge < -0.3 is 15.1 Å². The van der Waals surface area contributed by atoms with Crippen LogP contribution in [0.5, 0.6) is 0 Å². The Morgan fingerprint density at radius 1 is 1.17 bits per heavy atom. The van der Waals surface area contributed by atoms with Gasteiger partial charge >= 0.3 is 6.03 Å². The van der Waals surface area contributed by atoms with E-state index in [0.29, 0.717) is 12.1 Å². The lowest BCUT2D eigenvalue weighted by atomic mass is 9.88. The first-order valence-electron chi connectivity index (χ1n) is 8.73. The van der Waals surface area contributed by atoms with E-state index >= 15 is 0 Å². The molecule has 2 amide bonds. The minimum atomic E-state index is -0.175.